The molecule has 3 N–H and O–H groups in total. The van der Waals surface area contributed by atoms with Crippen LogP contribution in [0.4, 0.5) is 0 Å². The highest BCUT2D eigenvalue weighted by atomic mass is 16.4. The lowest BCUT2D eigenvalue weighted by atomic mass is 9.35. The van der Waals surface area contributed by atoms with Crippen molar-refractivity contribution in [1.82, 2.24) is 0 Å². The van der Waals surface area contributed by atoms with Crippen LogP contribution in [-0.2, 0) is 9.59 Å². The monoisotopic (exact) mass is 488 g/mol. The summed E-state index contributed by atoms with van der Waals surface area (Å²) in [5.41, 5.74) is -0.582. The van der Waals surface area contributed by atoms with Gasteiger partial charge in [-0.3, -0.25) is 9.59 Å². The molecule has 4 rings (SSSR count). The first kappa shape index (κ1) is 26.9. The minimum Gasteiger partial charge on any atom is -0.481 e. The van der Waals surface area contributed by atoms with Crippen LogP contribution in [0.5, 0.6) is 0 Å². The van der Waals surface area contributed by atoms with E-state index in [0.717, 1.165) is 38.5 Å². The van der Waals surface area contributed by atoms with Gasteiger partial charge in [0.15, 0.2) is 0 Å². The van der Waals surface area contributed by atoms with Gasteiger partial charge in [-0.1, -0.05) is 53.2 Å². The van der Waals surface area contributed by atoms with Crippen LogP contribution >= 0.6 is 0 Å². The molecular weight excluding hydrogens is 440 g/mol. The molecule has 0 aromatic rings. The Morgan fingerprint density at radius 1 is 1.11 bits per heavy atom. The number of carboxylic acids is 1. The highest BCUT2D eigenvalue weighted by Crippen LogP contribution is 2.73. The summed E-state index contributed by atoms with van der Waals surface area (Å²) in [4.78, 5) is 25.1. The van der Waals surface area contributed by atoms with Crippen molar-refractivity contribution in [2.24, 2.45) is 44.8 Å². The van der Waals surface area contributed by atoms with Crippen LogP contribution in [0.25, 0.3) is 0 Å². The molecule has 0 saturated heterocycles. The zero-order chi connectivity index (χ0) is 26.2. The highest BCUT2D eigenvalue weighted by Gasteiger charge is 2.67. The van der Waals surface area contributed by atoms with Gasteiger partial charge < -0.3 is 15.3 Å². The van der Waals surface area contributed by atoms with Crippen molar-refractivity contribution in [2.45, 2.75) is 112 Å². The van der Waals surface area contributed by atoms with E-state index >= 15 is 0 Å². The Balaban J connectivity index is 1.82. The predicted molar refractivity (Wildman–Crippen MR) is 137 cm³/mol. The third kappa shape index (κ3) is 3.77. The summed E-state index contributed by atoms with van der Waals surface area (Å²) in [6.45, 7) is 15.1. The molecule has 4 aliphatic carbocycles. The van der Waals surface area contributed by atoms with Gasteiger partial charge in [0, 0.05) is 18.3 Å². The summed E-state index contributed by atoms with van der Waals surface area (Å²) in [5.74, 6) is -0.0890. The van der Waals surface area contributed by atoms with Gasteiger partial charge in [0.2, 0.25) is 0 Å². The first-order valence-corrected chi connectivity index (χ1v) is 13.8. The van der Waals surface area contributed by atoms with Gasteiger partial charge in [0.1, 0.15) is 5.78 Å². The quantitative estimate of drug-likeness (QED) is 0.427. The molecule has 3 saturated carbocycles. The van der Waals surface area contributed by atoms with Crippen molar-refractivity contribution < 1.29 is 24.9 Å². The Labute approximate surface area is 211 Å². The third-order valence-corrected chi connectivity index (χ3v) is 12.1. The van der Waals surface area contributed by atoms with E-state index in [-0.39, 0.29) is 52.4 Å². The second kappa shape index (κ2) is 8.15. The van der Waals surface area contributed by atoms with Crippen molar-refractivity contribution in [3.63, 3.8) is 0 Å². The number of rotatable bonds is 5. The van der Waals surface area contributed by atoms with Gasteiger partial charge in [0.25, 0.3) is 0 Å². The molecule has 198 valence electrons. The molecule has 4 aliphatic rings. The number of Topliss-reactive ketones (excluding diaryl/α,β-unsaturated/α-hetero) is 1. The fraction of sp³-hybridized carbons (Fsp3) is 0.867. The van der Waals surface area contributed by atoms with Crippen molar-refractivity contribution >= 4 is 11.8 Å². The zero-order valence-corrected chi connectivity index (χ0v) is 23.0. The van der Waals surface area contributed by atoms with Crippen LogP contribution in [0, 0.1) is 44.8 Å². The molecule has 0 spiro atoms. The number of aliphatic hydroxyl groups excluding tert-OH is 1. The summed E-state index contributed by atoms with van der Waals surface area (Å²) in [5, 5.41) is 30.9. The summed E-state index contributed by atoms with van der Waals surface area (Å²) >= 11 is 0. The molecule has 0 amide bonds. The van der Waals surface area contributed by atoms with E-state index in [9.17, 15) is 24.9 Å². The molecular formula is C30H48O5. The molecule has 0 aliphatic heterocycles. The lowest BCUT2D eigenvalue weighted by Gasteiger charge is -2.69. The van der Waals surface area contributed by atoms with Crippen LogP contribution < -0.4 is 0 Å². The average molecular weight is 489 g/mol. The van der Waals surface area contributed by atoms with Gasteiger partial charge in [0.05, 0.1) is 12.2 Å². The van der Waals surface area contributed by atoms with Crippen LogP contribution in [0.15, 0.2) is 11.6 Å². The van der Waals surface area contributed by atoms with Gasteiger partial charge in [-0.05, 0) is 91.3 Å². The molecule has 0 aromatic heterocycles. The first-order chi connectivity index (χ1) is 16.0. The van der Waals surface area contributed by atoms with Crippen LogP contribution in [-0.4, -0.2) is 39.3 Å². The number of fused-ring (bicyclic) bond motifs is 5. The Kier molecular flexibility index (Phi) is 6.25. The summed E-state index contributed by atoms with van der Waals surface area (Å²) < 4.78 is 0. The number of hydrogen-bond donors (Lipinski definition) is 3. The Morgan fingerprint density at radius 2 is 1.77 bits per heavy atom. The lowest BCUT2D eigenvalue weighted by Crippen LogP contribution is -2.64. The van der Waals surface area contributed by atoms with E-state index < -0.39 is 17.0 Å². The number of aliphatic carboxylic acids is 1. The fourth-order valence-electron chi connectivity index (χ4n) is 9.68. The first-order valence-electron chi connectivity index (χ1n) is 13.8. The zero-order valence-electron chi connectivity index (χ0n) is 23.0. The number of allylic oxidation sites excluding steroid dienone is 2. The topological polar surface area (TPSA) is 94.8 Å². The maximum Gasteiger partial charge on any atom is 0.303 e. The molecule has 35 heavy (non-hydrogen) atoms. The molecule has 5 nitrogen and oxygen atoms in total. The maximum absolute atomic E-state index is 13.4. The van der Waals surface area contributed by atoms with Gasteiger partial charge >= 0.3 is 5.97 Å². The van der Waals surface area contributed by atoms with Crippen LogP contribution in [0.3, 0.4) is 0 Å². The average Bonchev–Trinajstić information content (AvgIpc) is 2.74. The smallest absolute Gasteiger partial charge is 0.303 e. The SMILES string of the molecule is CC1(C)CC(=O)[C@]2(C)CC[C@]3(C)C(=CC[C@@H]4[C@@](C)(CCC(=O)O)[C@H]([C@@](C)(O)CO)CC[C@]43C)[C@@H]2C1. The molecule has 5 heteroatoms. The van der Waals surface area contributed by atoms with Crippen molar-refractivity contribution in [1.29, 1.82) is 0 Å². The van der Waals surface area contributed by atoms with Crippen LogP contribution in [0.2, 0.25) is 0 Å². The van der Waals surface area contributed by atoms with Gasteiger partial charge in [-0.2, -0.15) is 0 Å². The normalized spacial score (nSPS) is 46.5. The standard InChI is InChI=1S/C30H48O5/c1-25(2)16-20-19-8-9-21-27(4,12-11-24(33)34)22(30(7,35)18-31)10-13-29(21,6)28(19,5)15-14-26(20,3)23(32)17-25/h8,20-22,31,35H,9-18H2,1-7H3,(H,33,34)/t20-,21+,22+,26+,27+,28+,29+,30-/m0/s1. The molecule has 8 atom stereocenters. The van der Waals surface area contributed by atoms with E-state index in [0.29, 0.717) is 18.6 Å². The summed E-state index contributed by atoms with van der Waals surface area (Å²) in [6.07, 6.45) is 9.13. The van der Waals surface area contributed by atoms with Crippen LogP contribution in [0.1, 0.15) is 106 Å². The minimum atomic E-state index is -1.25. The van der Waals surface area contributed by atoms with Crippen molar-refractivity contribution in [3.8, 4) is 0 Å². The van der Waals surface area contributed by atoms with Gasteiger partial charge in [-0.15, -0.1) is 0 Å². The number of carbonyl (C=O) groups excluding carboxylic acids is 1. The number of ketones is 1. The molecule has 0 radical (unpaired) electrons. The van der Waals surface area contributed by atoms with Gasteiger partial charge in [-0.25, -0.2) is 0 Å². The van der Waals surface area contributed by atoms with E-state index in [2.05, 4.69) is 47.6 Å². The Morgan fingerprint density at radius 3 is 2.37 bits per heavy atom. The molecule has 0 aromatic carbocycles. The summed E-state index contributed by atoms with van der Waals surface area (Å²) in [7, 11) is 0. The second-order valence-electron chi connectivity index (χ2n) is 14.6. The lowest BCUT2D eigenvalue weighted by molar-refractivity contribution is -0.195. The second-order valence-corrected chi connectivity index (χ2v) is 14.6. The number of carboxylic acid groups (broad SMARTS) is 1. The van der Waals surface area contributed by atoms with E-state index in [1.54, 1.807) is 6.92 Å². The van der Waals surface area contributed by atoms with E-state index in [1.807, 2.05) is 0 Å². The predicted octanol–water partition coefficient (Wildman–Crippen LogP) is 5.78. The fourth-order valence-corrected chi connectivity index (χ4v) is 9.68. The largest absolute Gasteiger partial charge is 0.481 e. The molecule has 0 heterocycles. The maximum atomic E-state index is 13.4. The minimum absolute atomic E-state index is 0.00555. The molecule has 3 fully saturated rings. The third-order valence-electron chi connectivity index (χ3n) is 12.1. The molecule has 0 unspecified atom stereocenters. The highest BCUT2D eigenvalue weighted by molar-refractivity contribution is 5.87. The Hall–Kier alpha value is -1.20. The van der Waals surface area contributed by atoms with E-state index in [1.165, 1.54) is 5.57 Å². The van der Waals surface area contributed by atoms with Crippen molar-refractivity contribution in [3.05, 3.63) is 11.6 Å². The number of carbonyl (C=O) groups is 2. The molecule has 0 bridgehead atoms. The number of hydrogen-bond acceptors (Lipinski definition) is 4. The number of aliphatic hydroxyl groups is 2. The summed E-state index contributed by atoms with van der Waals surface area (Å²) in [6, 6.07) is 0. The van der Waals surface area contributed by atoms with Crippen molar-refractivity contribution in [2.75, 3.05) is 6.61 Å². The Bertz CT molecular complexity index is 933. The van der Waals surface area contributed by atoms with E-state index in [4.69, 9.17) is 0 Å².